The Kier molecular flexibility index (Phi) is 4.40. The largest absolute Gasteiger partial charge is 0.358 e. The van der Waals surface area contributed by atoms with E-state index in [0.717, 1.165) is 12.8 Å². The van der Waals surface area contributed by atoms with Gasteiger partial charge in [-0.25, -0.2) is 0 Å². The van der Waals surface area contributed by atoms with E-state index in [1.54, 1.807) is 0 Å². The molecule has 18 heavy (non-hydrogen) atoms. The van der Waals surface area contributed by atoms with Crippen LogP contribution in [-0.4, -0.2) is 47.6 Å². The molecule has 0 amide bonds. The molecule has 1 rings (SSSR count). The van der Waals surface area contributed by atoms with Gasteiger partial charge in [-0.3, -0.25) is 4.72 Å². The van der Waals surface area contributed by atoms with E-state index >= 15 is 0 Å². The third-order valence-corrected chi connectivity index (χ3v) is 4.25. The van der Waals surface area contributed by atoms with Crippen LogP contribution in [0.3, 0.4) is 0 Å². The van der Waals surface area contributed by atoms with Crippen LogP contribution in [0.5, 0.6) is 0 Å². The molecule has 0 unspecified atom stereocenters. The Morgan fingerprint density at radius 3 is 1.72 bits per heavy atom. The summed E-state index contributed by atoms with van der Waals surface area (Å²) in [7, 11) is 0. The van der Waals surface area contributed by atoms with Gasteiger partial charge in [0.05, 0.1) is 5.54 Å². The van der Waals surface area contributed by atoms with Crippen molar-refractivity contribution >= 4 is 11.9 Å². The Morgan fingerprint density at radius 1 is 0.944 bits per heavy atom. The fourth-order valence-corrected chi connectivity index (χ4v) is 2.92. The average Bonchev–Trinajstić information content (AvgIpc) is 2.61. The summed E-state index contributed by atoms with van der Waals surface area (Å²) in [5.41, 5.74) is -1.34. The molecular formula is C11H23NO5S. The summed E-state index contributed by atoms with van der Waals surface area (Å²) in [5, 5.41) is 47.3. The topological polar surface area (TPSA) is 113 Å². The minimum Gasteiger partial charge on any atom is -0.358 e. The maximum Gasteiger partial charge on any atom is 0.334 e. The second kappa shape index (κ2) is 4.90. The lowest BCUT2D eigenvalue weighted by Gasteiger charge is -2.45. The van der Waals surface area contributed by atoms with E-state index < -0.39 is 17.3 Å². The van der Waals surface area contributed by atoms with Crippen molar-refractivity contribution in [2.75, 3.05) is 0 Å². The van der Waals surface area contributed by atoms with Crippen molar-refractivity contribution in [1.82, 2.24) is 4.72 Å². The predicted molar refractivity (Wildman–Crippen MR) is 68.2 cm³/mol. The zero-order chi connectivity index (χ0) is 14.2. The van der Waals surface area contributed by atoms with Crippen molar-refractivity contribution in [2.45, 2.75) is 68.5 Å². The Balaban J connectivity index is 2.94. The van der Waals surface area contributed by atoms with Gasteiger partial charge in [-0.15, -0.1) is 0 Å². The smallest absolute Gasteiger partial charge is 0.334 e. The first-order chi connectivity index (χ1) is 7.91. The lowest BCUT2D eigenvalue weighted by atomic mass is 9.86. The van der Waals surface area contributed by atoms with E-state index in [0.29, 0.717) is 12.8 Å². The monoisotopic (exact) mass is 281 g/mol. The van der Waals surface area contributed by atoms with Crippen molar-refractivity contribution in [3.05, 3.63) is 0 Å². The molecule has 6 N–H and O–H groups in total. The highest BCUT2D eigenvalue weighted by molar-refractivity contribution is 7.98. The van der Waals surface area contributed by atoms with E-state index in [1.807, 2.05) is 20.8 Å². The molecule has 0 radical (unpaired) electrons. The van der Waals surface area contributed by atoms with E-state index in [-0.39, 0.29) is 4.75 Å². The molecule has 1 aliphatic rings. The molecule has 1 saturated carbocycles. The van der Waals surface area contributed by atoms with Gasteiger partial charge in [0.25, 0.3) is 5.79 Å². The Labute approximate surface area is 111 Å². The molecule has 0 aromatic rings. The maximum absolute atomic E-state index is 9.93. The summed E-state index contributed by atoms with van der Waals surface area (Å²) in [5.74, 6) is -6.60. The summed E-state index contributed by atoms with van der Waals surface area (Å²) in [6, 6.07) is 0. The molecule has 108 valence electrons. The first-order valence-electron chi connectivity index (χ1n) is 5.98. The molecular weight excluding hydrogens is 258 g/mol. The van der Waals surface area contributed by atoms with Gasteiger partial charge in [-0.05, 0) is 33.6 Å². The summed E-state index contributed by atoms with van der Waals surface area (Å²) >= 11 is 1.27. The van der Waals surface area contributed by atoms with Crippen LogP contribution in [0.15, 0.2) is 0 Å². The van der Waals surface area contributed by atoms with Crippen LogP contribution in [0, 0.1) is 0 Å². The van der Waals surface area contributed by atoms with Gasteiger partial charge in [-0.2, -0.15) is 0 Å². The third kappa shape index (κ3) is 3.16. The molecule has 0 heterocycles. The molecule has 0 aromatic heterocycles. The minimum atomic E-state index is -3.57. The van der Waals surface area contributed by atoms with Gasteiger partial charge in [0.2, 0.25) is 0 Å². The van der Waals surface area contributed by atoms with Crippen LogP contribution in [0.1, 0.15) is 46.5 Å². The van der Waals surface area contributed by atoms with Crippen molar-refractivity contribution in [2.24, 2.45) is 0 Å². The summed E-state index contributed by atoms with van der Waals surface area (Å²) in [6.07, 6.45) is 2.12. The van der Waals surface area contributed by atoms with Crippen LogP contribution >= 0.6 is 11.9 Å². The summed E-state index contributed by atoms with van der Waals surface area (Å²) in [4.78, 5) is 0. The lowest BCUT2D eigenvalue weighted by molar-refractivity contribution is -0.463. The Hall–Kier alpha value is 0.110. The third-order valence-electron chi connectivity index (χ3n) is 3.14. The first-order valence-corrected chi connectivity index (χ1v) is 6.80. The normalized spacial score (nSPS) is 21.3. The molecule has 0 spiro atoms. The van der Waals surface area contributed by atoms with E-state index in [9.17, 15) is 10.2 Å². The average molecular weight is 281 g/mol. The molecule has 1 aliphatic carbocycles. The van der Waals surface area contributed by atoms with Gasteiger partial charge >= 0.3 is 5.97 Å². The van der Waals surface area contributed by atoms with Crippen molar-refractivity contribution < 1.29 is 25.5 Å². The standard InChI is InChI=1S/C11H23NO5S/c1-8(2,3)18-12-9(6-4-5-7-9)10(13,14)11(15,16)17/h12-17H,4-7H2,1-3H3. The van der Waals surface area contributed by atoms with Crippen LogP contribution < -0.4 is 4.72 Å². The highest BCUT2D eigenvalue weighted by Gasteiger charge is 2.62. The molecule has 0 atom stereocenters. The summed E-state index contributed by atoms with van der Waals surface area (Å²) < 4.78 is 2.73. The van der Waals surface area contributed by atoms with Gasteiger partial charge in [0.15, 0.2) is 0 Å². The second-order valence-corrected chi connectivity index (χ2v) is 7.55. The van der Waals surface area contributed by atoms with Crippen LogP contribution in [0.2, 0.25) is 0 Å². The molecule has 0 saturated heterocycles. The Bertz CT molecular complexity index is 289. The summed E-state index contributed by atoms with van der Waals surface area (Å²) in [6.45, 7) is 5.81. The van der Waals surface area contributed by atoms with E-state index in [2.05, 4.69) is 4.72 Å². The fourth-order valence-electron chi connectivity index (χ4n) is 2.07. The van der Waals surface area contributed by atoms with Crippen molar-refractivity contribution in [1.29, 1.82) is 0 Å². The molecule has 6 nitrogen and oxygen atoms in total. The number of aliphatic hydroxyl groups is 5. The predicted octanol–water partition coefficient (Wildman–Crippen LogP) is -0.353. The van der Waals surface area contributed by atoms with E-state index in [4.69, 9.17) is 15.3 Å². The number of rotatable bonds is 4. The van der Waals surface area contributed by atoms with Gasteiger partial charge in [0.1, 0.15) is 0 Å². The molecule has 0 aromatic carbocycles. The van der Waals surface area contributed by atoms with Crippen LogP contribution in [-0.2, 0) is 0 Å². The van der Waals surface area contributed by atoms with Crippen LogP contribution in [0.4, 0.5) is 0 Å². The van der Waals surface area contributed by atoms with Crippen LogP contribution in [0.25, 0.3) is 0 Å². The molecule has 0 bridgehead atoms. The van der Waals surface area contributed by atoms with Gasteiger partial charge in [0, 0.05) is 4.75 Å². The highest BCUT2D eigenvalue weighted by Crippen LogP contribution is 2.43. The first kappa shape index (κ1) is 16.2. The maximum atomic E-state index is 9.93. The fraction of sp³-hybridized carbons (Fsp3) is 1.00. The second-order valence-electron chi connectivity index (χ2n) is 5.91. The molecule has 0 aliphatic heterocycles. The van der Waals surface area contributed by atoms with Crippen molar-refractivity contribution in [3.63, 3.8) is 0 Å². The van der Waals surface area contributed by atoms with Gasteiger partial charge < -0.3 is 25.5 Å². The number of hydrogen-bond acceptors (Lipinski definition) is 7. The number of hydrogen-bond donors (Lipinski definition) is 6. The Morgan fingerprint density at radius 2 is 1.39 bits per heavy atom. The quantitative estimate of drug-likeness (QED) is 0.308. The highest BCUT2D eigenvalue weighted by atomic mass is 32.2. The lowest BCUT2D eigenvalue weighted by Crippen LogP contribution is -2.71. The zero-order valence-corrected chi connectivity index (χ0v) is 11.8. The van der Waals surface area contributed by atoms with Gasteiger partial charge in [-0.1, -0.05) is 24.8 Å². The molecule has 1 fully saturated rings. The van der Waals surface area contributed by atoms with E-state index in [1.165, 1.54) is 11.9 Å². The zero-order valence-electron chi connectivity index (χ0n) is 11.0. The number of nitrogens with one attached hydrogen (secondary N) is 1. The molecule has 7 heteroatoms. The SMILES string of the molecule is CC(C)(C)SNC1(C(O)(O)C(O)(O)O)CCCC1. The van der Waals surface area contributed by atoms with Crippen molar-refractivity contribution in [3.8, 4) is 0 Å². The minimum absolute atomic E-state index is 0.186.